The molecule has 1 aromatic carbocycles. The maximum Gasteiger partial charge on any atom is 0.251 e. The number of anilines is 1. The van der Waals surface area contributed by atoms with Gasteiger partial charge in [0, 0.05) is 35.8 Å². The first-order chi connectivity index (χ1) is 15.0. The lowest BCUT2D eigenvalue weighted by molar-refractivity contribution is -0.123. The Bertz CT molecular complexity index is 1090. The number of aliphatic imine (C=N–C) groups is 1. The molecule has 6 nitrogen and oxygen atoms in total. The number of aryl methyl sites for hydroxylation is 1. The molecular weight excluding hydrogens is 390 g/mol. The Balaban J connectivity index is 1.32. The molecule has 0 bridgehead atoms. The number of carbonyl (C=O) groups excluding carboxylic acids is 3. The number of benzene rings is 1. The van der Waals surface area contributed by atoms with Crippen LogP contribution in [0.4, 0.5) is 5.69 Å². The third-order valence-electron chi connectivity index (χ3n) is 6.57. The van der Waals surface area contributed by atoms with E-state index in [2.05, 4.69) is 10.3 Å². The van der Waals surface area contributed by atoms with Gasteiger partial charge in [-0.05, 0) is 62.5 Å². The minimum Gasteiger partial charge on any atom is -0.325 e. The van der Waals surface area contributed by atoms with Crippen LogP contribution in [0.15, 0.2) is 64.3 Å². The van der Waals surface area contributed by atoms with Gasteiger partial charge in [-0.1, -0.05) is 23.8 Å². The maximum atomic E-state index is 12.8. The zero-order chi connectivity index (χ0) is 21.5. The van der Waals surface area contributed by atoms with Crippen LogP contribution in [0, 0.1) is 18.8 Å². The zero-order valence-electron chi connectivity index (χ0n) is 17.6. The number of rotatable bonds is 2. The summed E-state index contributed by atoms with van der Waals surface area (Å²) in [5.41, 5.74) is 5.38. The van der Waals surface area contributed by atoms with E-state index in [9.17, 15) is 14.4 Å². The lowest BCUT2D eigenvalue weighted by Gasteiger charge is -2.33. The zero-order valence-corrected chi connectivity index (χ0v) is 17.6. The fraction of sp³-hybridized carbons (Fsp3) is 0.360. The fourth-order valence-electron chi connectivity index (χ4n) is 4.89. The van der Waals surface area contributed by atoms with Crippen LogP contribution in [-0.4, -0.2) is 30.0 Å². The topological polar surface area (TPSA) is 78.8 Å². The monoisotopic (exact) mass is 415 g/mol. The van der Waals surface area contributed by atoms with Gasteiger partial charge in [0.15, 0.2) is 0 Å². The second kappa shape index (κ2) is 7.76. The average molecular weight is 415 g/mol. The Morgan fingerprint density at radius 2 is 1.90 bits per heavy atom. The molecule has 2 heterocycles. The number of hydrogen-bond donors (Lipinski definition) is 1. The van der Waals surface area contributed by atoms with Gasteiger partial charge in [-0.15, -0.1) is 0 Å². The number of allylic oxidation sites excluding steroid dienone is 3. The molecule has 6 heteroatoms. The van der Waals surface area contributed by atoms with Crippen molar-refractivity contribution < 1.29 is 14.4 Å². The number of carbonyl (C=O) groups is 3. The molecule has 2 unspecified atom stereocenters. The summed E-state index contributed by atoms with van der Waals surface area (Å²) in [6.45, 7) is 2.34. The standard InChI is InChI=1S/C25H25N3O3/c1-15-6-9-18(10-7-15)28-14-16(12-23(28)29)24(30)26-17-8-11-20-19-4-2-3-5-21(19)25(31)27-22(20)13-17/h6-11,13,16,20H,2-5,12,14H2,1H3,(H,27,31). The van der Waals surface area contributed by atoms with Gasteiger partial charge in [-0.3, -0.25) is 14.4 Å². The van der Waals surface area contributed by atoms with Crippen molar-refractivity contribution in [3.05, 3.63) is 64.9 Å². The molecule has 5 rings (SSSR count). The first kappa shape index (κ1) is 19.7. The summed E-state index contributed by atoms with van der Waals surface area (Å²) in [6, 6.07) is 7.72. The number of hydrogen-bond acceptors (Lipinski definition) is 3. The molecule has 0 radical (unpaired) electrons. The number of nitrogens with one attached hydrogen (secondary N) is 1. The van der Waals surface area contributed by atoms with E-state index >= 15 is 0 Å². The normalized spacial score (nSPS) is 26.5. The molecule has 0 spiro atoms. The molecule has 31 heavy (non-hydrogen) atoms. The average Bonchev–Trinajstić information content (AvgIpc) is 3.16. The Morgan fingerprint density at radius 1 is 1.13 bits per heavy atom. The van der Waals surface area contributed by atoms with E-state index in [0.29, 0.717) is 12.3 Å². The summed E-state index contributed by atoms with van der Waals surface area (Å²) in [5.74, 6) is -0.756. The SMILES string of the molecule is Cc1ccc(N2CC(C(=O)N=C3C=CC4C(=C3)NC(=O)C3=C4CCCC3)CC2=O)cc1. The van der Waals surface area contributed by atoms with E-state index in [-0.39, 0.29) is 30.1 Å². The lowest BCUT2D eigenvalue weighted by Crippen LogP contribution is -2.37. The van der Waals surface area contributed by atoms with Crippen molar-refractivity contribution in [3.8, 4) is 0 Å². The molecule has 1 fully saturated rings. The van der Waals surface area contributed by atoms with Gasteiger partial charge in [0.25, 0.3) is 11.8 Å². The van der Waals surface area contributed by atoms with Gasteiger partial charge < -0.3 is 10.2 Å². The first-order valence-electron chi connectivity index (χ1n) is 10.9. The van der Waals surface area contributed by atoms with Crippen molar-refractivity contribution in [3.63, 3.8) is 0 Å². The largest absolute Gasteiger partial charge is 0.325 e. The highest BCUT2D eigenvalue weighted by molar-refractivity contribution is 6.13. The third-order valence-corrected chi connectivity index (χ3v) is 6.57. The molecule has 4 aliphatic rings. The van der Waals surface area contributed by atoms with E-state index in [1.165, 1.54) is 5.57 Å². The molecule has 2 aliphatic heterocycles. The summed E-state index contributed by atoms with van der Waals surface area (Å²) in [7, 11) is 0. The van der Waals surface area contributed by atoms with Crippen molar-refractivity contribution in [1.29, 1.82) is 0 Å². The fourth-order valence-corrected chi connectivity index (χ4v) is 4.89. The smallest absolute Gasteiger partial charge is 0.251 e. The first-order valence-corrected chi connectivity index (χ1v) is 10.9. The van der Waals surface area contributed by atoms with Gasteiger partial charge >= 0.3 is 0 Å². The summed E-state index contributed by atoms with van der Waals surface area (Å²) in [6.07, 6.45) is 9.80. The Labute approximate surface area is 181 Å². The molecule has 158 valence electrons. The van der Waals surface area contributed by atoms with E-state index < -0.39 is 5.92 Å². The van der Waals surface area contributed by atoms with Crippen molar-refractivity contribution in [2.75, 3.05) is 11.4 Å². The van der Waals surface area contributed by atoms with Crippen LogP contribution in [0.2, 0.25) is 0 Å². The highest BCUT2D eigenvalue weighted by Gasteiger charge is 2.36. The molecule has 1 saturated heterocycles. The molecule has 2 atom stereocenters. The number of amides is 3. The predicted molar refractivity (Wildman–Crippen MR) is 118 cm³/mol. The Morgan fingerprint density at radius 3 is 2.71 bits per heavy atom. The third kappa shape index (κ3) is 3.67. The van der Waals surface area contributed by atoms with Crippen molar-refractivity contribution in [2.24, 2.45) is 16.8 Å². The van der Waals surface area contributed by atoms with E-state index in [1.807, 2.05) is 43.3 Å². The summed E-state index contributed by atoms with van der Waals surface area (Å²) in [5, 5.41) is 2.99. The van der Waals surface area contributed by atoms with Crippen molar-refractivity contribution in [2.45, 2.75) is 39.0 Å². The van der Waals surface area contributed by atoms with Crippen LogP contribution in [0.1, 0.15) is 37.7 Å². The van der Waals surface area contributed by atoms with Gasteiger partial charge in [-0.2, -0.15) is 0 Å². The quantitative estimate of drug-likeness (QED) is 0.804. The maximum absolute atomic E-state index is 12.8. The Hall–Kier alpha value is -3.28. The minimum atomic E-state index is -0.459. The van der Waals surface area contributed by atoms with Crippen LogP contribution < -0.4 is 10.2 Å². The molecular formula is C25H25N3O3. The summed E-state index contributed by atoms with van der Waals surface area (Å²) >= 11 is 0. The minimum absolute atomic E-state index is 0.0201. The highest BCUT2D eigenvalue weighted by Crippen LogP contribution is 2.38. The van der Waals surface area contributed by atoms with E-state index in [1.54, 1.807) is 11.0 Å². The summed E-state index contributed by atoms with van der Waals surface area (Å²) in [4.78, 5) is 43.7. The van der Waals surface area contributed by atoms with Crippen molar-refractivity contribution >= 4 is 29.1 Å². The number of nitrogens with zero attached hydrogens (tertiary/aromatic N) is 2. The summed E-state index contributed by atoms with van der Waals surface area (Å²) < 4.78 is 0. The molecule has 3 amide bonds. The van der Waals surface area contributed by atoms with Gasteiger partial charge in [0.05, 0.1) is 11.6 Å². The molecule has 0 aromatic heterocycles. The van der Waals surface area contributed by atoms with Crippen LogP contribution >= 0.6 is 0 Å². The molecule has 0 saturated carbocycles. The highest BCUT2D eigenvalue weighted by atomic mass is 16.2. The second-order valence-electron chi connectivity index (χ2n) is 8.72. The van der Waals surface area contributed by atoms with Gasteiger partial charge in [0.1, 0.15) is 0 Å². The van der Waals surface area contributed by atoms with Gasteiger partial charge in [0.2, 0.25) is 5.91 Å². The van der Waals surface area contributed by atoms with Gasteiger partial charge in [-0.25, -0.2) is 4.99 Å². The number of fused-ring (bicyclic) bond motifs is 2. The lowest BCUT2D eigenvalue weighted by atomic mass is 9.77. The molecule has 1 aromatic rings. The molecule has 1 N–H and O–H groups in total. The van der Waals surface area contributed by atoms with E-state index in [4.69, 9.17) is 0 Å². The second-order valence-corrected chi connectivity index (χ2v) is 8.72. The van der Waals surface area contributed by atoms with Crippen LogP contribution in [0.3, 0.4) is 0 Å². The van der Waals surface area contributed by atoms with E-state index in [0.717, 1.165) is 48.2 Å². The van der Waals surface area contributed by atoms with Crippen LogP contribution in [0.5, 0.6) is 0 Å². The van der Waals surface area contributed by atoms with Crippen molar-refractivity contribution in [1.82, 2.24) is 5.32 Å². The predicted octanol–water partition coefficient (Wildman–Crippen LogP) is 3.39. The van der Waals surface area contributed by atoms with Crippen LogP contribution in [-0.2, 0) is 14.4 Å². The Kier molecular flexibility index (Phi) is 4.93. The van der Waals surface area contributed by atoms with Crippen LogP contribution in [0.25, 0.3) is 0 Å². The molecule has 2 aliphatic carbocycles.